The minimum atomic E-state index is 0.362. The van der Waals surface area contributed by atoms with Gasteiger partial charge in [-0.1, -0.05) is 36.4 Å². The van der Waals surface area contributed by atoms with E-state index < -0.39 is 0 Å². The van der Waals surface area contributed by atoms with Gasteiger partial charge in [-0.2, -0.15) is 0 Å². The first kappa shape index (κ1) is 9.67. The van der Waals surface area contributed by atoms with E-state index in [1.807, 2.05) is 0 Å². The Bertz CT molecular complexity index is 458. The second-order valence-corrected chi connectivity index (χ2v) is 4.05. The van der Waals surface area contributed by atoms with Gasteiger partial charge in [-0.25, -0.2) is 0 Å². The van der Waals surface area contributed by atoms with Gasteiger partial charge in [0, 0.05) is 12.0 Å². The summed E-state index contributed by atoms with van der Waals surface area (Å²) in [5.41, 5.74) is 3.71. The zero-order valence-electron chi connectivity index (χ0n) is 9.11. The van der Waals surface area contributed by atoms with Gasteiger partial charge in [-0.05, 0) is 17.5 Å². The third-order valence-corrected chi connectivity index (χ3v) is 3.00. The van der Waals surface area contributed by atoms with Gasteiger partial charge in [0.2, 0.25) is 0 Å². The minimum absolute atomic E-state index is 0.362. The first-order valence-electron chi connectivity index (χ1n) is 5.63. The van der Waals surface area contributed by atoms with Crippen LogP contribution in [0.1, 0.15) is 24.0 Å². The summed E-state index contributed by atoms with van der Waals surface area (Å²) >= 11 is 0. The molecular weight excluding hydrogens is 200 g/mol. The van der Waals surface area contributed by atoms with Crippen molar-refractivity contribution in [1.82, 2.24) is 0 Å². The third-order valence-electron chi connectivity index (χ3n) is 3.00. The molecule has 1 aliphatic heterocycles. The van der Waals surface area contributed by atoms with E-state index >= 15 is 0 Å². The SMILES string of the molecule is C1=CC2=C(CC1)OCOCc1ccccc12. The maximum absolute atomic E-state index is 5.65. The van der Waals surface area contributed by atoms with E-state index in [0.29, 0.717) is 13.4 Å². The Labute approximate surface area is 95.2 Å². The number of hydrogen-bond acceptors (Lipinski definition) is 2. The van der Waals surface area contributed by atoms with Crippen LogP contribution in [0.25, 0.3) is 5.57 Å². The van der Waals surface area contributed by atoms with Crippen LogP contribution < -0.4 is 0 Å². The fourth-order valence-corrected chi connectivity index (χ4v) is 2.21. The predicted octanol–water partition coefficient (Wildman–Crippen LogP) is 3.25. The Morgan fingerprint density at radius 1 is 1.12 bits per heavy atom. The van der Waals surface area contributed by atoms with Gasteiger partial charge in [0.05, 0.1) is 6.61 Å². The Balaban J connectivity index is 2.15. The molecule has 1 aromatic rings. The lowest BCUT2D eigenvalue weighted by Crippen LogP contribution is -2.09. The Hall–Kier alpha value is -1.54. The minimum Gasteiger partial charge on any atom is -0.471 e. The summed E-state index contributed by atoms with van der Waals surface area (Å²) < 4.78 is 11.1. The molecular formula is C14H14O2. The van der Waals surface area contributed by atoms with Crippen molar-refractivity contribution in [2.24, 2.45) is 0 Å². The number of allylic oxidation sites excluding steroid dienone is 4. The van der Waals surface area contributed by atoms with Gasteiger partial charge in [0.1, 0.15) is 5.76 Å². The lowest BCUT2D eigenvalue weighted by Gasteiger charge is -2.22. The van der Waals surface area contributed by atoms with Crippen LogP contribution >= 0.6 is 0 Å². The second-order valence-electron chi connectivity index (χ2n) is 4.05. The molecule has 1 aromatic carbocycles. The summed E-state index contributed by atoms with van der Waals surface area (Å²) in [4.78, 5) is 0. The van der Waals surface area contributed by atoms with E-state index in [-0.39, 0.29) is 0 Å². The highest BCUT2D eigenvalue weighted by Gasteiger charge is 2.16. The van der Waals surface area contributed by atoms with Crippen molar-refractivity contribution < 1.29 is 9.47 Å². The summed E-state index contributed by atoms with van der Waals surface area (Å²) in [5.74, 6) is 1.06. The normalized spacial score (nSPS) is 19.2. The molecule has 0 amide bonds. The standard InChI is InChI=1S/C14H14O2/c1-2-6-12-11(5-1)9-15-10-16-14-8-4-3-7-13(12)14/h1-3,5-7H,4,8-10H2. The van der Waals surface area contributed by atoms with E-state index in [4.69, 9.17) is 9.47 Å². The quantitative estimate of drug-likeness (QED) is 0.660. The molecule has 0 N–H and O–H groups in total. The van der Waals surface area contributed by atoms with Crippen LogP contribution in [0, 0.1) is 0 Å². The monoisotopic (exact) mass is 214 g/mol. The zero-order valence-corrected chi connectivity index (χ0v) is 9.11. The predicted molar refractivity (Wildman–Crippen MR) is 62.5 cm³/mol. The van der Waals surface area contributed by atoms with Crippen LogP contribution in [-0.2, 0) is 16.1 Å². The van der Waals surface area contributed by atoms with Gasteiger partial charge < -0.3 is 9.47 Å². The number of benzene rings is 1. The van der Waals surface area contributed by atoms with Gasteiger partial charge in [0.25, 0.3) is 0 Å². The molecule has 16 heavy (non-hydrogen) atoms. The van der Waals surface area contributed by atoms with Crippen LogP contribution in [0.5, 0.6) is 0 Å². The molecule has 1 aliphatic carbocycles. The van der Waals surface area contributed by atoms with Gasteiger partial charge >= 0.3 is 0 Å². The van der Waals surface area contributed by atoms with Crippen molar-refractivity contribution in [2.75, 3.05) is 6.79 Å². The molecule has 82 valence electrons. The molecule has 0 saturated heterocycles. The largest absolute Gasteiger partial charge is 0.471 e. The Morgan fingerprint density at radius 3 is 3.06 bits per heavy atom. The molecule has 0 atom stereocenters. The maximum Gasteiger partial charge on any atom is 0.188 e. The van der Waals surface area contributed by atoms with E-state index in [9.17, 15) is 0 Å². The molecule has 0 unspecified atom stereocenters. The zero-order chi connectivity index (χ0) is 10.8. The highest BCUT2D eigenvalue weighted by molar-refractivity contribution is 5.78. The lowest BCUT2D eigenvalue weighted by molar-refractivity contribution is -0.0354. The number of ether oxygens (including phenoxy) is 2. The summed E-state index contributed by atoms with van der Waals surface area (Å²) in [6.07, 6.45) is 6.41. The first-order valence-corrected chi connectivity index (χ1v) is 5.63. The molecule has 0 fully saturated rings. The van der Waals surface area contributed by atoms with E-state index in [0.717, 1.165) is 18.6 Å². The van der Waals surface area contributed by atoms with Crippen molar-refractivity contribution in [2.45, 2.75) is 19.4 Å². The number of rotatable bonds is 0. The molecule has 0 saturated carbocycles. The highest BCUT2D eigenvalue weighted by atomic mass is 16.7. The Kier molecular flexibility index (Phi) is 2.50. The summed E-state index contributed by atoms with van der Waals surface area (Å²) in [6.45, 7) is 0.988. The van der Waals surface area contributed by atoms with Crippen LogP contribution in [0.15, 0.2) is 42.2 Å². The van der Waals surface area contributed by atoms with Crippen molar-refractivity contribution in [3.63, 3.8) is 0 Å². The Morgan fingerprint density at radius 2 is 2.06 bits per heavy atom. The van der Waals surface area contributed by atoms with Gasteiger partial charge in [-0.15, -0.1) is 0 Å². The fourth-order valence-electron chi connectivity index (χ4n) is 2.21. The van der Waals surface area contributed by atoms with Crippen LogP contribution in [0.4, 0.5) is 0 Å². The van der Waals surface area contributed by atoms with E-state index in [1.165, 1.54) is 16.7 Å². The highest BCUT2D eigenvalue weighted by Crippen LogP contribution is 2.31. The molecule has 0 spiro atoms. The average Bonchev–Trinajstić information content (AvgIpc) is 2.33. The van der Waals surface area contributed by atoms with Crippen LogP contribution in [-0.4, -0.2) is 6.79 Å². The fraction of sp³-hybridized carbons (Fsp3) is 0.286. The molecule has 0 aromatic heterocycles. The molecule has 0 bridgehead atoms. The van der Waals surface area contributed by atoms with Crippen molar-refractivity contribution >= 4 is 5.57 Å². The lowest BCUT2D eigenvalue weighted by atomic mass is 9.94. The molecule has 1 heterocycles. The van der Waals surface area contributed by atoms with Gasteiger partial charge in [0.15, 0.2) is 6.79 Å². The summed E-state index contributed by atoms with van der Waals surface area (Å²) in [7, 11) is 0. The van der Waals surface area contributed by atoms with E-state index in [2.05, 4.69) is 36.4 Å². The number of fused-ring (bicyclic) bond motifs is 2. The van der Waals surface area contributed by atoms with Crippen LogP contribution in [0.2, 0.25) is 0 Å². The second kappa shape index (κ2) is 4.14. The summed E-state index contributed by atoms with van der Waals surface area (Å²) in [6, 6.07) is 8.37. The summed E-state index contributed by atoms with van der Waals surface area (Å²) in [5, 5.41) is 0. The van der Waals surface area contributed by atoms with Crippen molar-refractivity contribution in [3.05, 3.63) is 53.3 Å². The molecule has 2 aliphatic rings. The van der Waals surface area contributed by atoms with Crippen molar-refractivity contribution in [3.8, 4) is 0 Å². The molecule has 2 nitrogen and oxygen atoms in total. The molecule has 2 heteroatoms. The first-order chi connectivity index (χ1) is 7.95. The molecule has 0 radical (unpaired) electrons. The third kappa shape index (κ3) is 1.65. The smallest absolute Gasteiger partial charge is 0.188 e. The van der Waals surface area contributed by atoms with Crippen molar-refractivity contribution in [1.29, 1.82) is 0 Å². The van der Waals surface area contributed by atoms with Crippen LogP contribution in [0.3, 0.4) is 0 Å². The topological polar surface area (TPSA) is 18.5 Å². The average molecular weight is 214 g/mol. The number of hydrogen-bond donors (Lipinski definition) is 0. The van der Waals surface area contributed by atoms with Gasteiger partial charge in [-0.3, -0.25) is 0 Å². The molecule has 3 rings (SSSR count). The van der Waals surface area contributed by atoms with E-state index in [1.54, 1.807) is 0 Å². The maximum atomic E-state index is 5.65.